The Morgan fingerprint density at radius 3 is 2.71 bits per heavy atom. The second kappa shape index (κ2) is 2.80. The van der Waals surface area contributed by atoms with Gasteiger partial charge in [0, 0.05) is 6.42 Å². The monoisotopic (exact) mass is 192 g/mol. The van der Waals surface area contributed by atoms with Crippen molar-refractivity contribution in [3.8, 4) is 0 Å². The molecule has 0 aromatic carbocycles. The van der Waals surface area contributed by atoms with Gasteiger partial charge in [0.1, 0.15) is 0 Å². The summed E-state index contributed by atoms with van der Waals surface area (Å²) in [7, 11) is 0. The van der Waals surface area contributed by atoms with Crippen molar-refractivity contribution in [1.82, 2.24) is 0 Å². The molecule has 0 amide bonds. The molecule has 0 bridgehead atoms. The second-order valence-corrected chi connectivity index (χ2v) is 4.01. The SMILES string of the molecule is CC1=CC2(C=CC1=O)CC(C)C(=O)O2. The zero-order valence-corrected chi connectivity index (χ0v) is 8.24. The lowest BCUT2D eigenvalue weighted by Gasteiger charge is -2.23. The van der Waals surface area contributed by atoms with Crippen molar-refractivity contribution in [2.45, 2.75) is 25.9 Å². The third-order valence-corrected chi connectivity index (χ3v) is 2.68. The van der Waals surface area contributed by atoms with Gasteiger partial charge in [-0.2, -0.15) is 0 Å². The Morgan fingerprint density at radius 1 is 1.50 bits per heavy atom. The van der Waals surface area contributed by atoms with Crippen LogP contribution in [0.1, 0.15) is 20.3 Å². The molecule has 3 nitrogen and oxygen atoms in total. The fraction of sp³-hybridized carbons (Fsp3) is 0.455. The first-order valence-electron chi connectivity index (χ1n) is 4.68. The van der Waals surface area contributed by atoms with Crippen LogP contribution in [0, 0.1) is 5.92 Å². The van der Waals surface area contributed by atoms with Crippen LogP contribution in [0.5, 0.6) is 0 Å². The summed E-state index contributed by atoms with van der Waals surface area (Å²) in [6.07, 6.45) is 5.55. The number of carbonyl (C=O) groups excluding carboxylic acids is 2. The highest BCUT2D eigenvalue weighted by Crippen LogP contribution is 2.36. The van der Waals surface area contributed by atoms with Crippen LogP contribution in [0.15, 0.2) is 23.8 Å². The van der Waals surface area contributed by atoms with Crippen molar-refractivity contribution in [2.75, 3.05) is 0 Å². The van der Waals surface area contributed by atoms with Crippen LogP contribution in [0.2, 0.25) is 0 Å². The molecule has 2 unspecified atom stereocenters. The van der Waals surface area contributed by atoms with E-state index < -0.39 is 5.60 Å². The van der Waals surface area contributed by atoms with Gasteiger partial charge in [0.2, 0.25) is 0 Å². The summed E-state index contributed by atoms with van der Waals surface area (Å²) < 4.78 is 5.27. The highest BCUT2D eigenvalue weighted by Gasteiger charge is 2.43. The molecule has 1 aliphatic heterocycles. The lowest BCUT2D eigenvalue weighted by atomic mass is 9.88. The van der Waals surface area contributed by atoms with Gasteiger partial charge < -0.3 is 4.74 Å². The molecular formula is C11H12O3. The summed E-state index contributed by atoms with van der Waals surface area (Å²) in [5.41, 5.74) is 0.00324. The highest BCUT2D eigenvalue weighted by atomic mass is 16.6. The van der Waals surface area contributed by atoms with Crippen molar-refractivity contribution < 1.29 is 14.3 Å². The van der Waals surface area contributed by atoms with E-state index in [9.17, 15) is 9.59 Å². The van der Waals surface area contributed by atoms with E-state index in [2.05, 4.69) is 0 Å². The third-order valence-electron chi connectivity index (χ3n) is 2.68. The molecule has 0 aromatic rings. The smallest absolute Gasteiger partial charge is 0.310 e. The number of ketones is 1. The first kappa shape index (κ1) is 9.19. The number of allylic oxidation sites excluding steroid dienone is 2. The molecule has 0 saturated carbocycles. The molecule has 0 aromatic heterocycles. The minimum absolute atomic E-state index is 0.00812. The minimum atomic E-state index is -0.644. The zero-order chi connectivity index (χ0) is 10.3. The first-order chi connectivity index (χ1) is 6.52. The molecule has 2 atom stereocenters. The van der Waals surface area contributed by atoms with Crippen LogP contribution in [0.3, 0.4) is 0 Å². The van der Waals surface area contributed by atoms with E-state index in [0.717, 1.165) is 0 Å². The molecule has 0 N–H and O–H groups in total. The van der Waals surface area contributed by atoms with Gasteiger partial charge in [0.05, 0.1) is 5.92 Å². The molecule has 74 valence electrons. The van der Waals surface area contributed by atoms with E-state index >= 15 is 0 Å². The van der Waals surface area contributed by atoms with E-state index in [-0.39, 0.29) is 17.7 Å². The van der Waals surface area contributed by atoms with Crippen molar-refractivity contribution in [3.05, 3.63) is 23.8 Å². The number of hydrogen-bond acceptors (Lipinski definition) is 3. The van der Waals surface area contributed by atoms with Gasteiger partial charge >= 0.3 is 5.97 Å². The Kier molecular flexibility index (Phi) is 1.84. The maximum absolute atomic E-state index is 11.3. The van der Waals surface area contributed by atoms with Crippen LogP contribution in [-0.4, -0.2) is 17.4 Å². The predicted molar refractivity (Wildman–Crippen MR) is 50.5 cm³/mol. The Balaban J connectivity index is 2.32. The average Bonchev–Trinajstić information content (AvgIpc) is 2.37. The van der Waals surface area contributed by atoms with Gasteiger partial charge in [-0.1, -0.05) is 6.92 Å². The maximum Gasteiger partial charge on any atom is 0.310 e. The molecule has 3 heteroatoms. The van der Waals surface area contributed by atoms with E-state index in [1.165, 1.54) is 6.08 Å². The summed E-state index contributed by atoms with van der Waals surface area (Å²) in [4.78, 5) is 22.5. The van der Waals surface area contributed by atoms with Gasteiger partial charge in [0.15, 0.2) is 11.4 Å². The lowest BCUT2D eigenvalue weighted by molar-refractivity contribution is -0.145. The van der Waals surface area contributed by atoms with Crippen molar-refractivity contribution >= 4 is 11.8 Å². The molecule has 1 spiro atoms. The second-order valence-electron chi connectivity index (χ2n) is 4.01. The molecule has 1 fully saturated rings. The fourth-order valence-electron chi connectivity index (χ4n) is 1.92. The normalized spacial score (nSPS) is 36.1. The molecule has 0 radical (unpaired) electrons. The van der Waals surface area contributed by atoms with Gasteiger partial charge in [-0.3, -0.25) is 9.59 Å². The number of ether oxygens (including phenoxy) is 1. The van der Waals surface area contributed by atoms with Crippen molar-refractivity contribution in [3.63, 3.8) is 0 Å². The van der Waals surface area contributed by atoms with Crippen LogP contribution in [0.25, 0.3) is 0 Å². The van der Waals surface area contributed by atoms with Gasteiger partial charge in [0.25, 0.3) is 0 Å². The van der Waals surface area contributed by atoms with E-state index in [0.29, 0.717) is 12.0 Å². The van der Waals surface area contributed by atoms with Crippen molar-refractivity contribution in [2.24, 2.45) is 5.92 Å². The van der Waals surface area contributed by atoms with Crippen LogP contribution < -0.4 is 0 Å². The summed E-state index contributed by atoms with van der Waals surface area (Å²) in [6, 6.07) is 0. The lowest BCUT2D eigenvalue weighted by Crippen LogP contribution is -2.27. The summed E-state index contributed by atoms with van der Waals surface area (Å²) in [5.74, 6) is -0.281. The number of carbonyl (C=O) groups is 2. The highest BCUT2D eigenvalue weighted by molar-refractivity contribution is 6.05. The summed E-state index contributed by atoms with van der Waals surface area (Å²) >= 11 is 0. The Labute approximate surface area is 82.4 Å². The molecule has 1 aliphatic carbocycles. The number of rotatable bonds is 0. The minimum Gasteiger partial charge on any atom is -0.450 e. The molecule has 2 rings (SSSR count). The molecule has 1 heterocycles. The topological polar surface area (TPSA) is 43.4 Å². The zero-order valence-electron chi connectivity index (χ0n) is 8.24. The van der Waals surface area contributed by atoms with Gasteiger partial charge in [-0.15, -0.1) is 0 Å². The number of esters is 1. The molecular weight excluding hydrogens is 180 g/mol. The molecule has 14 heavy (non-hydrogen) atoms. The third kappa shape index (κ3) is 1.29. The number of hydrogen-bond donors (Lipinski definition) is 0. The Hall–Kier alpha value is -1.38. The van der Waals surface area contributed by atoms with Crippen molar-refractivity contribution in [1.29, 1.82) is 0 Å². The predicted octanol–water partition coefficient (Wildman–Crippen LogP) is 1.39. The van der Waals surface area contributed by atoms with Crippen LogP contribution in [-0.2, 0) is 14.3 Å². The summed E-state index contributed by atoms with van der Waals surface area (Å²) in [6.45, 7) is 3.58. The average molecular weight is 192 g/mol. The fourth-order valence-corrected chi connectivity index (χ4v) is 1.92. The Bertz CT molecular complexity index is 365. The summed E-state index contributed by atoms with van der Waals surface area (Å²) in [5, 5.41) is 0. The standard InChI is InChI=1S/C11H12O3/c1-7-5-11(4-3-9(7)12)6-8(2)10(13)14-11/h3-5,8H,6H2,1-2H3. The first-order valence-corrected chi connectivity index (χ1v) is 4.68. The van der Waals surface area contributed by atoms with Crippen LogP contribution in [0.4, 0.5) is 0 Å². The largest absolute Gasteiger partial charge is 0.450 e. The maximum atomic E-state index is 11.3. The van der Waals surface area contributed by atoms with E-state index in [1.54, 1.807) is 19.1 Å². The molecule has 2 aliphatic rings. The van der Waals surface area contributed by atoms with Gasteiger partial charge in [-0.05, 0) is 30.7 Å². The van der Waals surface area contributed by atoms with Crippen LogP contribution >= 0.6 is 0 Å². The Morgan fingerprint density at radius 2 is 2.21 bits per heavy atom. The van der Waals surface area contributed by atoms with E-state index in [4.69, 9.17) is 4.74 Å². The molecule has 1 saturated heterocycles. The van der Waals surface area contributed by atoms with Gasteiger partial charge in [-0.25, -0.2) is 0 Å². The quantitative estimate of drug-likeness (QED) is 0.545. The van der Waals surface area contributed by atoms with E-state index in [1.807, 2.05) is 6.92 Å².